The monoisotopic (exact) mass is 635 g/mol. The first kappa shape index (κ1) is 32.1. The van der Waals surface area contributed by atoms with E-state index in [0.29, 0.717) is 24.2 Å². The number of amides is 1. The van der Waals surface area contributed by atoms with Crippen LogP contribution in [0.25, 0.3) is 0 Å². The van der Waals surface area contributed by atoms with E-state index in [2.05, 4.69) is 30.2 Å². The Morgan fingerprint density at radius 1 is 1.21 bits per heavy atom. The summed E-state index contributed by atoms with van der Waals surface area (Å²) in [6, 6.07) is 2.69. The van der Waals surface area contributed by atoms with Crippen molar-refractivity contribution in [2.45, 2.75) is 43.0 Å². The average Bonchev–Trinajstić information content (AvgIpc) is 3.51. The van der Waals surface area contributed by atoms with Crippen LogP contribution in [0.1, 0.15) is 22.8 Å². The molecule has 8 atom stereocenters. The number of rotatable bonds is 13. The SMILES string of the molecule is CNc1c(N)ncnc1N[C@@H]1O[C@H](COP(=O)(O)OP(=O)(O)OC[C@@H]2C[C@H]([n+]3cccc(C(N)=O)c3)CN2)[C@@H](O)[C@H]1O. The summed E-state index contributed by atoms with van der Waals surface area (Å²) in [6.07, 6.45) is -0.754. The molecule has 1 amide bonds. The number of nitrogens with zero attached hydrogens (tertiary/aromatic N) is 3. The van der Waals surface area contributed by atoms with Gasteiger partial charge in [0, 0.05) is 25.6 Å². The molecule has 0 aromatic carbocycles. The summed E-state index contributed by atoms with van der Waals surface area (Å²) in [5.74, 6) is -0.325. The van der Waals surface area contributed by atoms with E-state index < -0.39 is 58.7 Å². The number of pyridine rings is 1. The Balaban J connectivity index is 1.25. The van der Waals surface area contributed by atoms with E-state index in [4.69, 9.17) is 25.3 Å². The molecular weight excluding hydrogens is 602 g/mol. The third kappa shape index (κ3) is 7.97. The number of carbonyl (C=O) groups is 1. The van der Waals surface area contributed by atoms with Crippen LogP contribution in [0, 0.1) is 0 Å². The van der Waals surface area contributed by atoms with Gasteiger partial charge in [-0.15, -0.1) is 0 Å². The smallest absolute Gasteiger partial charge is 0.387 e. The lowest BCUT2D eigenvalue weighted by molar-refractivity contribution is -0.719. The Bertz CT molecular complexity index is 1370. The van der Waals surface area contributed by atoms with Gasteiger partial charge in [0.15, 0.2) is 36.3 Å². The first-order valence-corrected chi connectivity index (χ1v) is 15.5. The molecule has 2 fully saturated rings. The second-order valence-corrected chi connectivity index (χ2v) is 12.5. The minimum absolute atomic E-state index is 0.106. The number of anilines is 3. The maximum Gasteiger partial charge on any atom is 0.481 e. The van der Waals surface area contributed by atoms with Crippen LogP contribution in [-0.4, -0.2) is 93.3 Å². The Kier molecular flexibility index (Phi) is 10.1. The van der Waals surface area contributed by atoms with Gasteiger partial charge in [-0.3, -0.25) is 13.8 Å². The zero-order valence-corrected chi connectivity index (χ0v) is 24.0. The number of aromatic nitrogens is 3. The van der Waals surface area contributed by atoms with Gasteiger partial charge in [0.2, 0.25) is 0 Å². The molecule has 11 N–H and O–H groups in total. The molecule has 4 heterocycles. The Morgan fingerprint density at radius 3 is 2.62 bits per heavy atom. The van der Waals surface area contributed by atoms with Gasteiger partial charge in [-0.1, -0.05) is 0 Å². The standard InChI is InChI=1S/C21H32N8O11P2/c1-24-15-18(22)26-10-27-20(15)28-21-17(31)16(30)14(39-21)9-38-42(35,36)40-41(33,34)37-8-12-5-13(6-25-12)29-4-2-3-11(7-29)19(23)32/h2-4,7,10,12-14,16-17,21,24-25,30-31H,5-6,8-9H2,1H3,(H6-,22,23,26,27,28,32,33,34,35,36)/p+1/t12-,13-,14+,16+,17+,21+/m0/s1. The number of hydrogen-bond acceptors (Lipinski definition) is 15. The number of primary amides is 1. The van der Waals surface area contributed by atoms with Crippen molar-refractivity contribution in [3.8, 4) is 0 Å². The molecule has 2 unspecified atom stereocenters. The predicted octanol–water partition coefficient (Wildman–Crippen LogP) is -1.80. The molecule has 2 saturated heterocycles. The summed E-state index contributed by atoms with van der Waals surface area (Å²) in [4.78, 5) is 39.3. The summed E-state index contributed by atoms with van der Waals surface area (Å²) in [6.45, 7) is -0.708. The summed E-state index contributed by atoms with van der Waals surface area (Å²) in [5, 5.41) is 29.3. The summed E-state index contributed by atoms with van der Waals surface area (Å²) >= 11 is 0. The maximum atomic E-state index is 12.4. The van der Waals surface area contributed by atoms with Gasteiger partial charge in [-0.2, -0.15) is 4.31 Å². The fourth-order valence-electron chi connectivity index (χ4n) is 4.44. The number of phosphoric acid groups is 2. The largest absolute Gasteiger partial charge is 0.481 e. The van der Waals surface area contributed by atoms with Gasteiger partial charge >= 0.3 is 15.6 Å². The predicted molar refractivity (Wildman–Crippen MR) is 144 cm³/mol. The maximum absolute atomic E-state index is 12.4. The molecule has 0 saturated carbocycles. The quantitative estimate of drug-likeness (QED) is 0.0866. The molecule has 21 heteroatoms. The minimum Gasteiger partial charge on any atom is -0.387 e. The zero-order chi connectivity index (χ0) is 30.7. The van der Waals surface area contributed by atoms with Gasteiger partial charge < -0.3 is 52.2 Å². The molecule has 4 rings (SSSR count). The van der Waals surface area contributed by atoms with E-state index in [1.807, 2.05) is 0 Å². The van der Waals surface area contributed by atoms with Gasteiger partial charge in [0.1, 0.15) is 35.9 Å². The van der Waals surface area contributed by atoms with Crippen molar-refractivity contribution in [2.24, 2.45) is 5.73 Å². The number of ether oxygens (including phenoxy) is 1. The fourth-order valence-corrected chi connectivity index (χ4v) is 6.57. The summed E-state index contributed by atoms with van der Waals surface area (Å²) in [5.41, 5.74) is 11.7. The highest BCUT2D eigenvalue weighted by atomic mass is 31.3. The molecule has 2 aliphatic rings. The molecular formula is C21H33N8O11P2+. The lowest BCUT2D eigenvalue weighted by Gasteiger charge is -2.20. The van der Waals surface area contributed by atoms with E-state index in [1.54, 1.807) is 36.1 Å². The number of aliphatic hydroxyl groups is 2. The lowest BCUT2D eigenvalue weighted by atomic mass is 10.1. The van der Waals surface area contributed by atoms with Crippen LogP contribution >= 0.6 is 15.6 Å². The van der Waals surface area contributed by atoms with E-state index in [-0.39, 0.29) is 24.3 Å². The van der Waals surface area contributed by atoms with Gasteiger partial charge in [0.25, 0.3) is 5.91 Å². The van der Waals surface area contributed by atoms with Crippen molar-refractivity contribution in [3.05, 3.63) is 36.4 Å². The first-order chi connectivity index (χ1) is 19.8. The van der Waals surface area contributed by atoms with Crippen LogP contribution in [0.3, 0.4) is 0 Å². The van der Waals surface area contributed by atoms with Crippen molar-refractivity contribution >= 4 is 38.9 Å². The highest BCUT2D eigenvalue weighted by Gasteiger charge is 2.45. The van der Waals surface area contributed by atoms with Crippen LogP contribution in [0.15, 0.2) is 30.9 Å². The second-order valence-electron chi connectivity index (χ2n) is 9.46. The molecule has 2 aliphatic heterocycles. The molecule has 2 aromatic rings. The Morgan fingerprint density at radius 2 is 1.93 bits per heavy atom. The molecule has 2 aromatic heterocycles. The first-order valence-electron chi connectivity index (χ1n) is 12.5. The normalized spacial score (nSPS) is 28.6. The fraction of sp³-hybridized carbons (Fsp3) is 0.524. The van der Waals surface area contributed by atoms with Crippen molar-refractivity contribution in [3.63, 3.8) is 0 Å². The van der Waals surface area contributed by atoms with Gasteiger partial charge in [-0.25, -0.2) is 23.7 Å². The molecule has 0 aliphatic carbocycles. The van der Waals surface area contributed by atoms with Crippen molar-refractivity contribution in [1.82, 2.24) is 15.3 Å². The van der Waals surface area contributed by atoms with Crippen molar-refractivity contribution < 1.29 is 56.6 Å². The molecule has 19 nitrogen and oxygen atoms in total. The van der Waals surface area contributed by atoms with Crippen LogP contribution in [0.5, 0.6) is 0 Å². The summed E-state index contributed by atoms with van der Waals surface area (Å²) < 4.78 is 46.0. The Hall–Kier alpha value is -2.80. The van der Waals surface area contributed by atoms with Crippen LogP contribution in [-0.2, 0) is 27.2 Å². The average molecular weight is 635 g/mol. The lowest BCUT2D eigenvalue weighted by Crippen LogP contribution is -2.41. The molecule has 0 spiro atoms. The molecule has 0 radical (unpaired) electrons. The number of aliphatic hydroxyl groups excluding tert-OH is 2. The second kappa shape index (κ2) is 13.2. The highest BCUT2D eigenvalue weighted by molar-refractivity contribution is 7.61. The zero-order valence-electron chi connectivity index (χ0n) is 22.2. The third-order valence-corrected chi connectivity index (χ3v) is 9.14. The number of nitrogens with two attached hydrogens (primary N) is 2. The minimum atomic E-state index is -5.20. The topological polar surface area (TPSA) is 287 Å². The van der Waals surface area contributed by atoms with Gasteiger partial charge in [-0.05, 0) is 6.07 Å². The van der Waals surface area contributed by atoms with E-state index in [1.165, 1.54) is 0 Å². The molecule has 0 bridgehead atoms. The third-order valence-electron chi connectivity index (χ3n) is 6.54. The van der Waals surface area contributed by atoms with Crippen LogP contribution < -0.4 is 32.0 Å². The van der Waals surface area contributed by atoms with E-state index in [0.717, 1.165) is 6.33 Å². The van der Waals surface area contributed by atoms with E-state index in [9.17, 15) is 33.9 Å². The highest BCUT2D eigenvalue weighted by Crippen LogP contribution is 2.60. The van der Waals surface area contributed by atoms with Crippen LogP contribution in [0.2, 0.25) is 0 Å². The molecule has 232 valence electrons. The van der Waals surface area contributed by atoms with Crippen molar-refractivity contribution in [1.29, 1.82) is 0 Å². The number of nitrogen functional groups attached to an aromatic ring is 1. The van der Waals surface area contributed by atoms with Gasteiger partial charge in [0.05, 0.1) is 19.8 Å². The van der Waals surface area contributed by atoms with E-state index >= 15 is 0 Å². The number of carbonyl (C=O) groups excluding carboxylic acids is 1. The Labute approximate surface area is 239 Å². The molecule has 42 heavy (non-hydrogen) atoms. The van der Waals surface area contributed by atoms with Crippen molar-refractivity contribution in [2.75, 3.05) is 43.2 Å². The number of phosphoric ester groups is 2. The number of hydrogen-bond donors (Lipinski definition) is 9. The van der Waals surface area contributed by atoms with Crippen LogP contribution in [0.4, 0.5) is 17.3 Å². The number of nitrogens with one attached hydrogen (secondary N) is 3. The summed E-state index contributed by atoms with van der Waals surface area (Å²) in [7, 11) is -8.72.